The second kappa shape index (κ2) is 6.51. The summed E-state index contributed by atoms with van der Waals surface area (Å²) < 4.78 is 5.29. The summed E-state index contributed by atoms with van der Waals surface area (Å²) in [7, 11) is 0. The lowest BCUT2D eigenvalue weighted by atomic mass is 9.99. The number of aliphatic hydroxyl groups excluding tert-OH is 2. The standard InChI is InChI=1S/C13H19O3/c1-3-10(2)11-4-6-13(7-5-11)16-9-12(15)8-14/h4-8,10,12,14-15H,3,9H2,1-2H3. The molecule has 16 heavy (non-hydrogen) atoms. The molecule has 0 heterocycles. The average molecular weight is 223 g/mol. The minimum absolute atomic E-state index is 0.0686. The van der Waals surface area contributed by atoms with Crippen molar-refractivity contribution in [1.29, 1.82) is 0 Å². The Labute approximate surface area is 96.7 Å². The molecule has 0 aromatic heterocycles. The van der Waals surface area contributed by atoms with E-state index >= 15 is 0 Å². The van der Waals surface area contributed by atoms with Crippen molar-refractivity contribution in [3.05, 3.63) is 36.4 Å². The van der Waals surface area contributed by atoms with Crippen LogP contribution in [0.25, 0.3) is 0 Å². The summed E-state index contributed by atoms with van der Waals surface area (Å²) in [6, 6.07) is 7.81. The van der Waals surface area contributed by atoms with E-state index in [-0.39, 0.29) is 6.61 Å². The molecule has 3 nitrogen and oxygen atoms in total. The zero-order chi connectivity index (χ0) is 12.0. The van der Waals surface area contributed by atoms with Gasteiger partial charge in [0.05, 0.1) is 0 Å². The lowest BCUT2D eigenvalue weighted by molar-refractivity contribution is 0.0915. The first-order valence-electron chi connectivity index (χ1n) is 5.55. The Bertz CT molecular complexity index is 295. The van der Waals surface area contributed by atoms with E-state index in [0.29, 0.717) is 18.3 Å². The third kappa shape index (κ3) is 3.83. The van der Waals surface area contributed by atoms with Crippen molar-refractivity contribution in [3.8, 4) is 5.75 Å². The molecule has 1 radical (unpaired) electrons. The van der Waals surface area contributed by atoms with Gasteiger partial charge < -0.3 is 14.9 Å². The van der Waals surface area contributed by atoms with E-state index in [1.54, 1.807) is 0 Å². The minimum atomic E-state index is -0.936. The first-order valence-corrected chi connectivity index (χ1v) is 5.55. The fraction of sp³-hybridized carbons (Fsp3) is 0.462. The van der Waals surface area contributed by atoms with Crippen molar-refractivity contribution >= 4 is 0 Å². The summed E-state index contributed by atoms with van der Waals surface area (Å²) in [5, 5.41) is 17.6. The van der Waals surface area contributed by atoms with Gasteiger partial charge in [-0.25, -0.2) is 0 Å². The van der Waals surface area contributed by atoms with Crippen molar-refractivity contribution in [3.63, 3.8) is 0 Å². The van der Waals surface area contributed by atoms with Crippen LogP contribution in [0, 0.1) is 6.61 Å². The van der Waals surface area contributed by atoms with Crippen molar-refractivity contribution < 1.29 is 14.9 Å². The van der Waals surface area contributed by atoms with E-state index in [4.69, 9.17) is 14.9 Å². The normalized spacial score (nSPS) is 14.5. The summed E-state index contributed by atoms with van der Waals surface area (Å²) in [5.41, 5.74) is 1.28. The lowest BCUT2D eigenvalue weighted by Gasteiger charge is -2.12. The molecule has 0 amide bonds. The summed E-state index contributed by atoms with van der Waals surface area (Å²) in [6.45, 7) is 5.12. The fourth-order valence-electron chi connectivity index (χ4n) is 1.35. The van der Waals surface area contributed by atoms with Gasteiger partial charge >= 0.3 is 0 Å². The van der Waals surface area contributed by atoms with E-state index in [2.05, 4.69) is 13.8 Å². The molecule has 0 spiro atoms. The Morgan fingerprint density at radius 3 is 2.44 bits per heavy atom. The van der Waals surface area contributed by atoms with Crippen molar-refractivity contribution in [1.82, 2.24) is 0 Å². The molecule has 1 rings (SSSR count). The van der Waals surface area contributed by atoms with Gasteiger partial charge in [0.15, 0.2) is 0 Å². The molecular weight excluding hydrogens is 204 g/mol. The van der Waals surface area contributed by atoms with Crippen LogP contribution in [0.15, 0.2) is 24.3 Å². The second-order valence-corrected chi connectivity index (χ2v) is 3.91. The van der Waals surface area contributed by atoms with Gasteiger partial charge in [0.2, 0.25) is 0 Å². The first kappa shape index (κ1) is 13.0. The molecule has 2 unspecified atom stereocenters. The monoisotopic (exact) mass is 223 g/mol. The van der Waals surface area contributed by atoms with Crippen LogP contribution in [0.5, 0.6) is 5.75 Å². The molecule has 0 fully saturated rings. The van der Waals surface area contributed by atoms with Crippen LogP contribution < -0.4 is 4.74 Å². The largest absolute Gasteiger partial charge is 0.491 e. The number of hydrogen-bond donors (Lipinski definition) is 2. The van der Waals surface area contributed by atoms with Gasteiger partial charge in [-0.1, -0.05) is 26.0 Å². The summed E-state index contributed by atoms with van der Waals surface area (Å²) >= 11 is 0. The maximum atomic E-state index is 9.07. The Kier molecular flexibility index (Phi) is 5.29. The number of benzene rings is 1. The molecule has 0 aliphatic heterocycles. The molecule has 0 aliphatic rings. The molecular formula is C13H19O3. The van der Waals surface area contributed by atoms with Gasteiger partial charge in [-0.15, -0.1) is 0 Å². The number of ether oxygens (including phenoxy) is 1. The van der Waals surface area contributed by atoms with E-state index in [9.17, 15) is 0 Å². The van der Waals surface area contributed by atoms with Gasteiger partial charge in [0.25, 0.3) is 0 Å². The highest BCUT2D eigenvalue weighted by molar-refractivity contribution is 5.29. The second-order valence-electron chi connectivity index (χ2n) is 3.91. The molecule has 2 N–H and O–H groups in total. The average Bonchev–Trinajstić information content (AvgIpc) is 2.35. The van der Waals surface area contributed by atoms with Gasteiger partial charge in [-0.2, -0.15) is 0 Å². The number of hydrogen-bond acceptors (Lipinski definition) is 3. The van der Waals surface area contributed by atoms with Crippen molar-refractivity contribution in [2.75, 3.05) is 6.61 Å². The topological polar surface area (TPSA) is 49.7 Å². The van der Waals surface area contributed by atoms with Crippen LogP contribution in [0.3, 0.4) is 0 Å². The van der Waals surface area contributed by atoms with Gasteiger partial charge in [0.1, 0.15) is 25.1 Å². The highest BCUT2D eigenvalue weighted by Gasteiger charge is 2.05. The van der Waals surface area contributed by atoms with Gasteiger partial charge in [-0.05, 0) is 30.0 Å². The number of rotatable bonds is 6. The molecule has 1 aromatic carbocycles. The van der Waals surface area contributed by atoms with Crippen molar-refractivity contribution in [2.24, 2.45) is 0 Å². The smallest absolute Gasteiger partial charge is 0.119 e. The van der Waals surface area contributed by atoms with Crippen LogP contribution >= 0.6 is 0 Å². The molecule has 1 aromatic rings. The van der Waals surface area contributed by atoms with Crippen LogP contribution in [-0.4, -0.2) is 22.9 Å². The quantitative estimate of drug-likeness (QED) is 0.779. The summed E-state index contributed by atoms with van der Waals surface area (Å²) in [5.74, 6) is 1.25. The maximum absolute atomic E-state index is 9.07. The molecule has 3 heteroatoms. The Balaban J connectivity index is 2.51. The van der Waals surface area contributed by atoms with E-state index in [0.717, 1.165) is 6.42 Å². The van der Waals surface area contributed by atoms with Crippen molar-refractivity contribution in [2.45, 2.75) is 32.3 Å². The van der Waals surface area contributed by atoms with E-state index < -0.39 is 6.10 Å². The van der Waals surface area contributed by atoms with Crippen LogP contribution in [0.4, 0.5) is 0 Å². The van der Waals surface area contributed by atoms with Gasteiger partial charge in [0, 0.05) is 0 Å². The van der Waals surface area contributed by atoms with Crippen LogP contribution in [0.2, 0.25) is 0 Å². The Morgan fingerprint density at radius 1 is 1.31 bits per heavy atom. The zero-order valence-corrected chi connectivity index (χ0v) is 9.76. The molecule has 89 valence electrons. The molecule has 0 saturated heterocycles. The molecule has 0 saturated carbocycles. The SMILES string of the molecule is CCC(C)c1ccc(OCC(O)[CH]O)cc1. The minimum Gasteiger partial charge on any atom is -0.491 e. The summed E-state index contributed by atoms with van der Waals surface area (Å²) in [4.78, 5) is 0. The van der Waals surface area contributed by atoms with Crippen LogP contribution in [0.1, 0.15) is 31.7 Å². The zero-order valence-electron chi connectivity index (χ0n) is 9.76. The maximum Gasteiger partial charge on any atom is 0.119 e. The number of aliphatic hydroxyl groups is 2. The van der Waals surface area contributed by atoms with E-state index in [1.165, 1.54) is 5.56 Å². The third-order valence-electron chi connectivity index (χ3n) is 2.65. The highest BCUT2D eigenvalue weighted by atomic mass is 16.5. The predicted molar refractivity (Wildman–Crippen MR) is 62.9 cm³/mol. The Morgan fingerprint density at radius 2 is 1.94 bits per heavy atom. The molecule has 0 bridgehead atoms. The first-order chi connectivity index (χ1) is 7.67. The van der Waals surface area contributed by atoms with Gasteiger partial charge in [-0.3, -0.25) is 0 Å². The van der Waals surface area contributed by atoms with E-state index in [1.807, 2.05) is 24.3 Å². The van der Waals surface area contributed by atoms with Crippen LogP contribution in [-0.2, 0) is 0 Å². The third-order valence-corrected chi connectivity index (χ3v) is 2.65. The lowest BCUT2D eigenvalue weighted by Crippen LogP contribution is -2.17. The fourth-order valence-corrected chi connectivity index (χ4v) is 1.35. The predicted octanol–water partition coefficient (Wildman–Crippen LogP) is 2.47. The molecule has 0 aliphatic carbocycles. The molecule has 2 atom stereocenters. The summed E-state index contributed by atoms with van der Waals surface area (Å²) in [6.07, 6.45) is 0.174. The Hall–Kier alpha value is -1.06. The highest BCUT2D eigenvalue weighted by Crippen LogP contribution is 2.21.